The normalized spacial score (nSPS) is 11.4. The van der Waals surface area contributed by atoms with Crippen molar-refractivity contribution in [2.75, 3.05) is 0 Å². The Labute approximate surface area is 147 Å². The van der Waals surface area contributed by atoms with Gasteiger partial charge in [0, 0.05) is 18.0 Å². The summed E-state index contributed by atoms with van der Waals surface area (Å²) in [6, 6.07) is 11.1. The topological polar surface area (TPSA) is 43.6 Å². The van der Waals surface area contributed by atoms with Crippen LogP contribution in [0.4, 0.5) is 13.2 Å². The second-order valence-corrected chi connectivity index (χ2v) is 5.79. The van der Waals surface area contributed by atoms with Crippen LogP contribution in [0.2, 0.25) is 0 Å². The summed E-state index contributed by atoms with van der Waals surface area (Å²) in [5.41, 5.74) is 2.73. The zero-order valence-electron chi connectivity index (χ0n) is 13.5. The summed E-state index contributed by atoms with van der Waals surface area (Å²) in [5, 5.41) is 4.32. The molecule has 0 N–H and O–H groups in total. The summed E-state index contributed by atoms with van der Waals surface area (Å²) in [6.07, 6.45) is 2.03. The second kappa shape index (κ2) is 6.59. The molecule has 0 saturated heterocycles. The molecule has 0 bridgehead atoms. The van der Waals surface area contributed by atoms with Gasteiger partial charge in [-0.2, -0.15) is 5.10 Å². The molecule has 0 unspecified atom stereocenters. The standard InChI is InChI=1S/C19H13F3N4/c20-16-5-4-12(7-15(16)19(21)22)13-8-18-17(24-9-13)10-25-26(18)11-14-3-1-2-6-23-14/h1-10,19H,11H2. The molecule has 1 aromatic carbocycles. The SMILES string of the molecule is Fc1ccc(-c2cnc3cnn(Cc4ccccn4)c3c2)cc1C(F)F. The largest absolute Gasteiger partial charge is 0.266 e. The maximum Gasteiger partial charge on any atom is 0.266 e. The lowest BCUT2D eigenvalue weighted by Crippen LogP contribution is -2.03. The summed E-state index contributed by atoms with van der Waals surface area (Å²) in [5.74, 6) is -0.919. The number of pyridine rings is 2. The minimum Gasteiger partial charge on any atom is -0.259 e. The maximum atomic E-state index is 13.5. The van der Waals surface area contributed by atoms with Crippen LogP contribution in [0.5, 0.6) is 0 Å². The summed E-state index contributed by atoms with van der Waals surface area (Å²) in [7, 11) is 0. The van der Waals surface area contributed by atoms with E-state index in [1.807, 2.05) is 18.2 Å². The van der Waals surface area contributed by atoms with E-state index in [-0.39, 0.29) is 0 Å². The zero-order valence-corrected chi connectivity index (χ0v) is 13.5. The molecule has 0 spiro atoms. The van der Waals surface area contributed by atoms with Gasteiger partial charge < -0.3 is 0 Å². The van der Waals surface area contributed by atoms with Crippen molar-refractivity contribution in [3.05, 3.63) is 78.1 Å². The van der Waals surface area contributed by atoms with E-state index in [9.17, 15) is 13.2 Å². The van der Waals surface area contributed by atoms with Crippen LogP contribution in [0.15, 0.2) is 61.1 Å². The summed E-state index contributed by atoms with van der Waals surface area (Å²) in [4.78, 5) is 8.61. The smallest absolute Gasteiger partial charge is 0.259 e. The Morgan fingerprint density at radius 3 is 2.62 bits per heavy atom. The highest BCUT2D eigenvalue weighted by atomic mass is 19.3. The lowest BCUT2D eigenvalue weighted by atomic mass is 10.0. The van der Waals surface area contributed by atoms with Gasteiger partial charge in [-0.15, -0.1) is 0 Å². The van der Waals surface area contributed by atoms with Crippen LogP contribution in [0.3, 0.4) is 0 Å². The van der Waals surface area contributed by atoms with E-state index in [0.717, 1.165) is 23.3 Å². The molecule has 0 atom stereocenters. The van der Waals surface area contributed by atoms with E-state index >= 15 is 0 Å². The van der Waals surface area contributed by atoms with Crippen molar-refractivity contribution < 1.29 is 13.2 Å². The number of rotatable bonds is 4. The van der Waals surface area contributed by atoms with Crippen LogP contribution in [0, 0.1) is 5.82 Å². The fourth-order valence-corrected chi connectivity index (χ4v) is 2.78. The number of halogens is 3. The Hall–Kier alpha value is -3.22. The third-order valence-electron chi connectivity index (χ3n) is 4.10. The number of hydrogen-bond acceptors (Lipinski definition) is 3. The molecule has 0 aliphatic carbocycles. The van der Waals surface area contributed by atoms with Crippen LogP contribution in [-0.4, -0.2) is 19.7 Å². The van der Waals surface area contributed by atoms with E-state index in [1.54, 1.807) is 29.3 Å². The van der Waals surface area contributed by atoms with Crippen LogP contribution in [-0.2, 0) is 6.54 Å². The van der Waals surface area contributed by atoms with E-state index in [2.05, 4.69) is 15.1 Å². The first-order valence-corrected chi connectivity index (χ1v) is 7.91. The molecular weight excluding hydrogens is 341 g/mol. The molecule has 0 fully saturated rings. The Balaban J connectivity index is 1.76. The molecule has 3 aromatic heterocycles. The zero-order chi connectivity index (χ0) is 18.1. The average molecular weight is 354 g/mol. The minimum absolute atomic E-state index is 0.459. The Morgan fingerprint density at radius 1 is 0.962 bits per heavy atom. The van der Waals surface area contributed by atoms with Crippen molar-refractivity contribution in [1.29, 1.82) is 0 Å². The molecule has 0 amide bonds. The molecule has 3 heterocycles. The first kappa shape index (κ1) is 16.3. The number of benzene rings is 1. The van der Waals surface area contributed by atoms with E-state index in [0.29, 0.717) is 23.2 Å². The Bertz CT molecular complexity index is 1060. The summed E-state index contributed by atoms with van der Waals surface area (Å²) >= 11 is 0. The predicted octanol–water partition coefficient (Wildman–Crippen LogP) is 4.62. The quantitative estimate of drug-likeness (QED) is 0.537. The first-order chi connectivity index (χ1) is 12.6. The highest BCUT2D eigenvalue weighted by Gasteiger charge is 2.15. The van der Waals surface area contributed by atoms with E-state index < -0.39 is 17.8 Å². The molecule has 130 valence electrons. The molecule has 4 aromatic rings. The minimum atomic E-state index is -2.87. The van der Waals surface area contributed by atoms with Gasteiger partial charge in [0.2, 0.25) is 0 Å². The number of nitrogens with zero attached hydrogens (tertiary/aromatic N) is 4. The van der Waals surface area contributed by atoms with Crippen molar-refractivity contribution >= 4 is 11.0 Å². The third-order valence-corrected chi connectivity index (χ3v) is 4.10. The molecule has 0 radical (unpaired) electrons. The Morgan fingerprint density at radius 2 is 1.85 bits per heavy atom. The molecule has 0 aliphatic rings. The third kappa shape index (κ3) is 3.03. The van der Waals surface area contributed by atoms with Gasteiger partial charge in [0.05, 0.1) is 29.5 Å². The number of fused-ring (bicyclic) bond motifs is 1. The van der Waals surface area contributed by atoms with Crippen LogP contribution < -0.4 is 0 Å². The molecular formula is C19H13F3N4. The molecule has 0 aliphatic heterocycles. The van der Waals surface area contributed by atoms with Crippen LogP contribution in [0.25, 0.3) is 22.2 Å². The van der Waals surface area contributed by atoms with Gasteiger partial charge in [0.1, 0.15) is 11.3 Å². The Kier molecular flexibility index (Phi) is 4.12. The van der Waals surface area contributed by atoms with Crippen molar-refractivity contribution in [3.8, 4) is 11.1 Å². The number of aromatic nitrogens is 4. The van der Waals surface area contributed by atoms with Crippen LogP contribution in [0.1, 0.15) is 17.7 Å². The van der Waals surface area contributed by atoms with Gasteiger partial charge in [0.25, 0.3) is 6.43 Å². The van der Waals surface area contributed by atoms with Crippen molar-refractivity contribution in [2.24, 2.45) is 0 Å². The van der Waals surface area contributed by atoms with Crippen molar-refractivity contribution in [1.82, 2.24) is 19.7 Å². The van der Waals surface area contributed by atoms with Crippen molar-refractivity contribution in [2.45, 2.75) is 13.0 Å². The van der Waals surface area contributed by atoms with E-state index in [4.69, 9.17) is 0 Å². The second-order valence-electron chi connectivity index (χ2n) is 5.79. The summed E-state index contributed by atoms with van der Waals surface area (Å²) < 4.78 is 41.2. The molecule has 7 heteroatoms. The highest BCUT2D eigenvalue weighted by Crippen LogP contribution is 2.29. The van der Waals surface area contributed by atoms with Gasteiger partial charge in [-0.05, 0) is 35.9 Å². The van der Waals surface area contributed by atoms with Crippen molar-refractivity contribution in [3.63, 3.8) is 0 Å². The molecule has 0 saturated carbocycles. The molecule has 4 rings (SSSR count). The summed E-state index contributed by atoms with van der Waals surface area (Å²) in [6.45, 7) is 0.459. The van der Waals surface area contributed by atoms with Gasteiger partial charge in [0.15, 0.2) is 0 Å². The van der Waals surface area contributed by atoms with Gasteiger partial charge in [-0.1, -0.05) is 12.1 Å². The van der Waals surface area contributed by atoms with Crippen LogP contribution >= 0.6 is 0 Å². The molecule has 4 nitrogen and oxygen atoms in total. The number of alkyl halides is 2. The monoisotopic (exact) mass is 354 g/mol. The maximum absolute atomic E-state index is 13.5. The molecule has 26 heavy (non-hydrogen) atoms. The fraction of sp³-hybridized carbons (Fsp3) is 0.105. The lowest BCUT2D eigenvalue weighted by Gasteiger charge is -2.08. The van der Waals surface area contributed by atoms with E-state index in [1.165, 1.54) is 6.07 Å². The van der Waals surface area contributed by atoms with Gasteiger partial charge in [-0.3, -0.25) is 14.6 Å². The predicted molar refractivity (Wildman–Crippen MR) is 91.2 cm³/mol. The first-order valence-electron chi connectivity index (χ1n) is 7.91. The number of hydrogen-bond donors (Lipinski definition) is 0. The average Bonchev–Trinajstić information content (AvgIpc) is 3.05. The highest BCUT2D eigenvalue weighted by molar-refractivity contribution is 5.80. The fourth-order valence-electron chi connectivity index (χ4n) is 2.78. The lowest BCUT2D eigenvalue weighted by molar-refractivity contribution is 0.146. The van der Waals surface area contributed by atoms with Gasteiger partial charge >= 0.3 is 0 Å². The van der Waals surface area contributed by atoms with Gasteiger partial charge in [-0.25, -0.2) is 13.2 Å².